The normalized spacial score (nSPS) is 20.3. The minimum absolute atomic E-state index is 0.133. The highest BCUT2D eigenvalue weighted by Crippen LogP contribution is 2.32. The zero-order valence-electron chi connectivity index (χ0n) is 17.5. The van der Waals surface area contributed by atoms with E-state index in [2.05, 4.69) is 25.2 Å². The Kier molecular flexibility index (Phi) is 5.65. The molecule has 2 atom stereocenters. The van der Waals surface area contributed by atoms with Gasteiger partial charge in [0.15, 0.2) is 5.82 Å². The Labute approximate surface area is 179 Å². The van der Waals surface area contributed by atoms with Crippen LogP contribution in [0.3, 0.4) is 0 Å². The summed E-state index contributed by atoms with van der Waals surface area (Å²) in [6, 6.07) is 3.25. The highest BCUT2D eigenvalue weighted by molar-refractivity contribution is 6.33. The van der Waals surface area contributed by atoms with Crippen molar-refractivity contribution in [3.63, 3.8) is 0 Å². The zero-order valence-corrected chi connectivity index (χ0v) is 18.3. The van der Waals surface area contributed by atoms with E-state index in [0.717, 1.165) is 18.8 Å². The van der Waals surface area contributed by atoms with Gasteiger partial charge < -0.3 is 19.9 Å². The highest BCUT2D eigenvalue weighted by Gasteiger charge is 2.26. The van der Waals surface area contributed by atoms with Gasteiger partial charge in [0.2, 0.25) is 5.95 Å². The Morgan fingerprint density at radius 2 is 2.07 bits per heavy atom. The molecule has 0 aliphatic carbocycles. The molecule has 9 heteroatoms. The van der Waals surface area contributed by atoms with Crippen molar-refractivity contribution in [1.29, 1.82) is 0 Å². The molecule has 30 heavy (non-hydrogen) atoms. The summed E-state index contributed by atoms with van der Waals surface area (Å²) in [6.45, 7) is 7.39. The van der Waals surface area contributed by atoms with Gasteiger partial charge in [0, 0.05) is 18.2 Å². The van der Waals surface area contributed by atoms with Crippen LogP contribution < -0.4 is 5.32 Å². The van der Waals surface area contributed by atoms with Crippen molar-refractivity contribution in [2.75, 3.05) is 25.5 Å². The van der Waals surface area contributed by atoms with Gasteiger partial charge in [0.25, 0.3) is 0 Å². The van der Waals surface area contributed by atoms with Crippen LogP contribution in [0.2, 0.25) is 5.02 Å². The molecule has 3 aromatic rings. The monoisotopic (exact) mass is 432 g/mol. The van der Waals surface area contributed by atoms with Crippen molar-refractivity contribution < 1.29 is 9.50 Å². The summed E-state index contributed by atoms with van der Waals surface area (Å²) >= 11 is 6.38. The second-order valence-electron chi connectivity index (χ2n) is 8.21. The van der Waals surface area contributed by atoms with Crippen molar-refractivity contribution in [3.05, 3.63) is 35.0 Å². The number of aliphatic hydroxyl groups is 1. The summed E-state index contributed by atoms with van der Waals surface area (Å²) in [5.41, 5.74) is 2.03. The second kappa shape index (κ2) is 8.09. The number of piperidine rings is 1. The fourth-order valence-corrected chi connectivity index (χ4v) is 4.32. The summed E-state index contributed by atoms with van der Waals surface area (Å²) in [6.07, 6.45) is 1.75. The van der Waals surface area contributed by atoms with Crippen LogP contribution in [-0.2, 0) is 0 Å². The molecule has 0 bridgehead atoms. The first kappa shape index (κ1) is 21.0. The van der Waals surface area contributed by atoms with Crippen LogP contribution in [0.25, 0.3) is 22.3 Å². The van der Waals surface area contributed by atoms with Gasteiger partial charge in [-0.3, -0.25) is 0 Å². The Morgan fingerprint density at radius 3 is 2.77 bits per heavy atom. The molecule has 1 fully saturated rings. The summed E-state index contributed by atoms with van der Waals surface area (Å²) in [4.78, 5) is 15.3. The molecule has 1 aliphatic heterocycles. The van der Waals surface area contributed by atoms with Crippen molar-refractivity contribution >= 4 is 28.6 Å². The van der Waals surface area contributed by atoms with E-state index in [9.17, 15) is 9.50 Å². The molecular formula is C21H26ClFN6O. The van der Waals surface area contributed by atoms with Crippen LogP contribution >= 0.6 is 11.6 Å². The number of anilines is 1. The van der Waals surface area contributed by atoms with E-state index < -0.39 is 11.9 Å². The number of aryl methyl sites for hydroxylation is 1. The standard InChI is InChI=1S/C21H26ClFN6O/c1-11(2)29-12(3)25-20-15(23)7-13(8-17(20)29)19-14(22)9-24-21(27-19)26-16-5-6-28(4)10-18(16)30/h7-9,11,16,18,30H,5-6,10H2,1-4H3,(H,24,26,27)/t16-,18-/m1/s1. The molecule has 4 rings (SSSR count). The molecule has 7 nitrogen and oxygen atoms in total. The molecule has 1 aromatic carbocycles. The van der Waals surface area contributed by atoms with Gasteiger partial charge in [-0.15, -0.1) is 0 Å². The first-order chi connectivity index (χ1) is 14.2. The topological polar surface area (TPSA) is 79.1 Å². The maximum Gasteiger partial charge on any atom is 0.223 e. The summed E-state index contributed by atoms with van der Waals surface area (Å²) in [5.74, 6) is 0.695. The van der Waals surface area contributed by atoms with Crippen LogP contribution in [0.15, 0.2) is 18.3 Å². The van der Waals surface area contributed by atoms with E-state index in [0.29, 0.717) is 39.8 Å². The van der Waals surface area contributed by atoms with Gasteiger partial charge in [-0.1, -0.05) is 11.6 Å². The molecule has 2 N–H and O–H groups in total. The predicted octanol–water partition coefficient (Wildman–Crippen LogP) is 3.65. The number of hydrogen-bond donors (Lipinski definition) is 2. The molecule has 3 heterocycles. The Hall–Kier alpha value is -2.29. The fraction of sp³-hybridized carbons (Fsp3) is 0.476. The number of aliphatic hydroxyl groups excluding tert-OH is 1. The van der Waals surface area contributed by atoms with Crippen molar-refractivity contribution in [2.45, 2.75) is 45.4 Å². The Bertz CT molecular complexity index is 1090. The van der Waals surface area contributed by atoms with E-state index >= 15 is 0 Å². The number of aromatic nitrogens is 4. The lowest BCUT2D eigenvalue weighted by Crippen LogP contribution is -2.48. The molecular weight excluding hydrogens is 407 g/mol. The number of fused-ring (bicyclic) bond motifs is 1. The van der Waals surface area contributed by atoms with E-state index in [1.54, 1.807) is 0 Å². The quantitative estimate of drug-likeness (QED) is 0.655. The SMILES string of the molecule is Cc1nc2c(F)cc(-c3nc(N[C@@H]4CCN(C)C[C@H]4O)ncc3Cl)cc2n1C(C)C. The zero-order chi connectivity index (χ0) is 21.6. The van der Waals surface area contributed by atoms with Crippen LogP contribution in [-0.4, -0.2) is 61.8 Å². The fourth-order valence-electron chi connectivity index (χ4n) is 4.12. The van der Waals surface area contributed by atoms with E-state index in [-0.39, 0.29) is 12.1 Å². The Morgan fingerprint density at radius 1 is 1.30 bits per heavy atom. The van der Waals surface area contributed by atoms with Crippen LogP contribution in [0.4, 0.5) is 10.3 Å². The van der Waals surface area contributed by atoms with Crippen molar-refractivity contribution in [2.24, 2.45) is 0 Å². The number of imidazole rings is 1. The van der Waals surface area contributed by atoms with Gasteiger partial charge in [-0.05, 0) is 52.9 Å². The molecule has 0 spiro atoms. The minimum Gasteiger partial charge on any atom is -0.390 e. The number of hydrogen-bond acceptors (Lipinski definition) is 6. The van der Waals surface area contributed by atoms with Gasteiger partial charge in [0.05, 0.1) is 34.6 Å². The second-order valence-corrected chi connectivity index (χ2v) is 8.62. The number of likely N-dealkylation sites (N-methyl/N-ethyl adjacent to an activating group) is 1. The molecule has 2 aromatic heterocycles. The molecule has 1 aliphatic rings. The summed E-state index contributed by atoms with van der Waals surface area (Å²) in [7, 11) is 1.98. The molecule has 0 radical (unpaired) electrons. The predicted molar refractivity (Wildman–Crippen MR) is 116 cm³/mol. The largest absolute Gasteiger partial charge is 0.390 e. The number of β-amino-alcohol motifs (C(OH)–C–C–N with tert-alkyl or cyclic N) is 1. The number of nitrogens with zero attached hydrogens (tertiary/aromatic N) is 5. The number of likely N-dealkylation sites (tertiary alicyclic amines) is 1. The molecule has 0 unspecified atom stereocenters. The minimum atomic E-state index is -0.524. The molecule has 0 amide bonds. The highest BCUT2D eigenvalue weighted by atomic mass is 35.5. The van der Waals surface area contributed by atoms with E-state index in [4.69, 9.17) is 11.6 Å². The molecule has 160 valence electrons. The number of nitrogens with one attached hydrogen (secondary N) is 1. The average molecular weight is 433 g/mol. The van der Waals surface area contributed by atoms with Crippen LogP contribution in [0, 0.1) is 12.7 Å². The Balaban J connectivity index is 1.73. The third kappa shape index (κ3) is 3.87. The van der Waals surface area contributed by atoms with Gasteiger partial charge in [-0.25, -0.2) is 19.3 Å². The first-order valence-electron chi connectivity index (χ1n) is 10.1. The smallest absolute Gasteiger partial charge is 0.223 e. The summed E-state index contributed by atoms with van der Waals surface area (Å²) < 4.78 is 16.9. The third-order valence-electron chi connectivity index (χ3n) is 5.56. The average Bonchev–Trinajstić information content (AvgIpc) is 3.02. The van der Waals surface area contributed by atoms with Crippen molar-refractivity contribution in [1.82, 2.24) is 24.4 Å². The lowest BCUT2D eigenvalue weighted by atomic mass is 10.0. The van der Waals surface area contributed by atoms with E-state index in [1.165, 1.54) is 12.3 Å². The van der Waals surface area contributed by atoms with Crippen LogP contribution in [0.1, 0.15) is 32.1 Å². The molecule has 1 saturated heterocycles. The van der Waals surface area contributed by atoms with Gasteiger partial charge in [-0.2, -0.15) is 0 Å². The van der Waals surface area contributed by atoms with Crippen LogP contribution in [0.5, 0.6) is 0 Å². The lowest BCUT2D eigenvalue weighted by Gasteiger charge is -2.34. The summed E-state index contributed by atoms with van der Waals surface area (Å²) in [5, 5.41) is 13.9. The van der Waals surface area contributed by atoms with Crippen molar-refractivity contribution in [3.8, 4) is 11.3 Å². The lowest BCUT2D eigenvalue weighted by molar-refractivity contribution is 0.0726. The number of rotatable bonds is 4. The first-order valence-corrected chi connectivity index (χ1v) is 10.5. The third-order valence-corrected chi connectivity index (χ3v) is 5.84. The number of benzene rings is 1. The van der Waals surface area contributed by atoms with Gasteiger partial charge in [0.1, 0.15) is 11.3 Å². The van der Waals surface area contributed by atoms with Gasteiger partial charge >= 0.3 is 0 Å². The maximum absolute atomic E-state index is 14.9. The maximum atomic E-state index is 14.9. The number of halogens is 2. The molecule has 0 saturated carbocycles. The van der Waals surface area contributed by atoms with E-state index in [1.807, 2.05) is 38.5 Å².